The molecule has 126 valence electrons. The van der Waals surface area contributed by atoms with Crippen molar-refractivity contribution >= 4 is 17.7 Å². The van der Waals surface area contributed by atoms with Gasteiger partial charge in [-0.2, -0.15) is 4.98 Å². The van der Waals surface area contributed by atoms with Gasteiger partial charge in [0.2, 0.25) is 11.8 Å². The molecule has 0 saturated carbocycles. The van der Waals surface area contributed by atoms with Crippen molar-refractivity contribution < 1.29 is 14.1 Å². The number of thioether (sulfide) groups is 1. The standard InChI is InChI=1S/C17H19N3O3S/c1-10-18-16(23-19-10)14-7-11(22-2)8-20(14)17(21)13-9-24-15-6-4-3-5-12(13)15/h3-6,11,13-14H,7-9H2,1-2H3/t11-,13+,14+/m0/s1. The van der Waals surface area contributed by atoms with E-state index in [0.29, 0.717) is 24.7 Å². The highest BCUT2D eigenvalue weighted by Gasteiger charge is 2.43. The Kier molecular flexibility index (Phi) is 4.05. The number of carbonyl (C=O) groups is 1. The zero-order valence-corrected chi connectivity index (χ0v) is 14.5. The monoisotopic (exact) mass is 345 g/mol. The molecule has 1 fully saturated rings. The van der Waals surface area contributed by atoms with Gasteiger partial charge >= 0.3 is 0 Å². The summed E-state index contributed by atoms with van der Waals surface area (Å²) in [4.78, 5) is 20.6. The minimum atomic E-state index is -0.207. The van der Waals surface area contributed by atoms with Crippen molar-refractivity contribution in [3.05, 3.63) is 41.5 Å². The van der Waals surface area contributed by atoms with Gasteiger partial charge < -0.3 is 14.2 Å². The van der Waals surface area contributed by atoms with Gasteiger partial charge in [0.05, 0.1) is 12.0 Å². The van der Waals surface area contributed by atoms with Gasteiger partial charge in [0.15, 0.2) is 5.82 Å². The van der Waals surface area contributed by atoms with Gasteiger partial charge in [0.25, 0.3) is 0 Å². The first-order chi connectivity index (χ1) is 11.7. The quantitative estimate of drug-likeness (QED) is 0.852. The van der Waals surface area contributed by atoms with Gasteiger partial charge in [0.1, 0.15) is 6.04 Å². The number of ether oxygens (including phenoxy) is 1. The summed E-state index contributed by atoms with van der Waals surface area (Å²) >= 11 is 1.74. The van der Waals surface area contributed by atoms with E-state index in [1.165, 1.54) is 4.90 Å². The van der Waals surface area contributed by atoms with Crippen LogP contribution in [-0.2, 0) is 9.53 Å². The molecule has 1 amide bonds. The summed E-state index contributed by atoms with van der Waals surface area (Å²) in [5.41, 5.74) is 1.12. The number of likely N-dealkylation sites (tertiary alicyclic amines) is 1. The summed E-state index contributed by atoms with van der Waals surface area (Å²) in [6.45, 7) is 2.34. The van der Waals surface area contributed by atoms with Crippen LogP contribution in [0, 0.1) is 6.92 Å². The number of carbonyl (C=O) groups excluding carboxylic acids is 1. The topological polar surface area (TPSA) is 68.5 Å². The van der Waals surface area contributed by atoms with Crippen LogP contribution in [-0.4, -0.2) is 46.5 Å². The number of amides is 1. The van der Waals surface area contributed by atoms with Gasteiger partial charge in [-0.05, 0) is 18.6 Å². The normalized spacial score (nSPS) is 25.9. The molecule has 3 atom stereocenters. The van der Waals surface area contributed by atoms with E-state index in [1.54, 1.807) is 25.8 Å². The van der Waals surface area contributed by atoms with E-state index in [2.05, 4.69) is 16.2 Å². The largest absolute Gasteiger partial charge is 0.380 e. The van der Waals surface area contributed by atoms with Crippen molar-refractivity contribution in [1.29, 1.82) is 0 Å². The lowest BCUT2D eigenvalue weighted by atomic mass is 9.99. The van der Waals surface area contributed by atoms with Gasteiger partial charge in [0, 0.05) is 30.7 Å². The number of fused-ring (bicyclic) bond motifs is 1. The second-order valence-electron chi connectivity index (χ2n) is 6.18. The van der Waals surface area contributed by atoms with Gasteiger partial charge in [-0.3, -0.25) is 4.79 Å². The molecule has 2 aromatic rings. The summed E-state index contributed by atoms with van der Waals surface area (Å²) in [6.07, 6.45) is 0.682. The third-order valence-corrected chi connectivity index (χ3v) is 5.89. The maximum Gasteiger partial charge on any atom is 0.249 e. The summed E-state index contributed by atoms with van der Waals surface area (Å²) in [5.74, 6) is 1.86. The van der Waals surface area contributed by atoms with Crippen LogP contribution in [0.5, 0.6) is 0 Å². The highest BCUT2D eigenvalue weighted by atomic mass is 32.2. The first kappa shape index (κ1) is 15.7. The molecule has 2 aliphatic rings. The summed E-state index contributed by atoms with van der Waals surface area (Å²) in [7, 11) is 1.68. The summed E-state index contributed by atoms with van der Waals surface area (Å²) in [6, 6.07) is 7.92. The van der Waals surface area contributed by atoms with E-state index >= 15 is 0 Å². The molecule has 1 aromatic heterocycles. The zero-order chi connectivity index (χ0) is 16.7. The molecular formula is C17H19N3O3S. The van der Waals surface area contributed by atoms with Crippen molar-refractivity contribution in [2.45, 2.75) is 36.3 Å². The molecule has 0 radical (unpaired) electrons. The van der Waals surface area contributed by atoms with Crippen molar-refractivity contribution in [2.24, 2.45) is 0 Å². The van der Waals surface area contributed by atoms with Crippen LogP contribution in [0.4, 0.5) is 0 Å². The number of hydrogen-bond donors (Lipinski definition) is 0. The summed E-state index contributed by atoms with van der Waals surface area (Å²) < 4.78 is 10.8. The first-order valence-corrected chi connectivity index (χ1v) is 9.01. The first-order valence-electron chi connectivity index (χ1n) is 8.02. The lowest BCUT2D eigenvalue weighted by Gasteiger charge is -2.25. The van der Waals surface area contributed by atoms with Crippen LogP contribution in [0.2, 0.25) is 0 Å². The SMILES string of the molecule is CO[C@H]1C[C@H](c2nc(C)no2)N(C(=O)[C@@H]2CSc3ccccc32)C1. The highest BCUT2D eigenvalue weighted by molar-refractivity contribution is 7.99. The molecule has 0 aliphatic carbocycles. The van der Waals surface area contributed by atoms with Gasteiger partial charge in [-0.1, -0.05) is 23.4 Å². The fourth-order valence-electron chi connectivity index (χ4n) is 3.46. The van der Waals surface area contributed by atoms with E-state index in [4.69, 9.17) is 9.26 Å². The lowest BCUT2D eigenvalue weighted by molar-refractivity contribution is -0.134. The molecule has 1 aromatic carbocycles. The Balaban J connectivity index is 1.62. The second kappa shape index (κ2) is 6.22. The molecule has 6 nitrogen and oxygen atoms in total. The van der Waals surface area contributed by atoms with Crippen LogP contribution in [0.25, 0.3) is 0 Å². The van der Waals surface area contributed by atoms with Crippen LogP contribution in [0.15, 0.2) is 33.7 Å². The average Bonchev–Trinajstić information content (AvgIpc) is 3.31. The molecule has 0 spiro atoms. The maximum atomic E-state index is 13.2. The fourth-order valence-corrected chi connectivity index (χ4v) is 4.68. The molecule has 3 heterocycles. The van der Waals surface area contributed by atoms with Crippen molar-refractivity contribution in [1.82, 2.24) is 15.0 Å². The Labute approximate surface area is 144 Å². The third kappa shape index (κ3) is 2.61. The number of rotatable bonds is 3. The predicted molar refractivity (Wildman–Crippen MR) is 88.8 cm³/mol. The fraction of sp³-hybridized carbons (Fsp3) is 0.471. The summed E-state index contributed by atoms with van der Waals surface area (Å²) in [5, 5.41) is 3.87. The molecule has 0 unspecified atom stereocenters. The molecule has 0 N–H and O–H groups in total. The van der Waals surface area contributed by atoms with E-state index in [1.807, 2.05) is 23.1 Å². The van der Waals surface area contributed by atoms with E-state index < -0.39 is 0 Å². The van der Waals surface area contributed by atoms with Crippen LogP contribution in [0.1, 0.15) is 35.7 Å². The number of aryl methyl sites for hydroxylation is 1. The molecule has 1 saturated heterocycles. The Morgan fingerprint density at radius 3 is 3.00 bits per heavy atom. The highest BCUT2D eigenvalue weighted by Crippen LogP contribution is 2.43. The van der Waals surface area contributed by atoms with E-state index in [-0.39, 0.29) is 24.0 Å². The Hall–Kier alpha value is -1.86. The third-order valence-electron chi connectivity index (χ3n) is 4.71. The van der Waals surface area contributed by atoms with Crippen LogP contribution in [0.3, 0.4) is 0 Å². The molecule has 24 heavy (non-hydrogen) atoms. The van der Waals surface area contributed by atoms with Crippen molar-refractivity contribution in [2.75, 3.05) is 19.4 Å². The predicted octanol–water partition coefficient (Wildman–Crippen LogP) is 2.56. The second-order valence-corrected chi connectivity index (χ2v) is 7.24. The zero-order valence-electron chi connectivity index (χ0n) is 13.6. The number of nitrogens with zero attached hydrogens (tertiary/aromatic N) is 3. The average molecular weight is 345 g/mol. The minimum Gasteiger partial charge on any atom is -0.380 e. The Morgan fingerprint density at radius 2 is 2.25 bits per heavy atom. The number of hydrogen-bond acceptors (Lipinski definition) is 6. The number of aromatic nitrogens is 2. The van der Waals surface area contributed by atoms with Crippen molar-refractivity contribution in [3.8, 4) is 0 Å². The van der Waals surface area contributed by atoms with E-state index in [0.717, 1.165) is 11.3 Å². The molecule has 4 rings (SSSR count). The molecular weight excluding hydrogens is 326 g/mol. The smallest absolute Gasteiger partial charge is 0.249 e. The van der Waals surface area contributed by atoms with Gasteiger partial charge in [-0.15, -0.1) is 11.8 Å². The van der Waals surface area contributed by atoms with Crippen LogP contribution >= 0.6 is 11.8 Å². The Bertz CT molecular complexity index is 763. The minimum absolute atomic E-state index is 0.00421. The molecule has 2 aliphatic heterocycles. The van der Waals surface area contributed by atoms with E-state index in [9.17, 15) is 4.79 Å². The number of methoxy groups -OCH3 is 1. The molecule has 0 bridgehead atoms. The lowest BCUT2D eigenvalue weighted by Crippen LogP contribution is -2.36. The van der Waals surface area contributed by atoms with Crippen LogP contribution < -0.4 is 0 Å². The number of benzene rings is 1. The molecule has 7 heteroatoms. The maximum absolute atomic E-state index is 13.2. The van der Waals surface area contributed by atoms with Crippen molar-refractivity contribution in [3.63, 3.8) is 0 Å². The van der Waals surface area contributed by atoms with Gasteiger partial charge in [-0.25, -0.2) is 0 Å². The Morgan fingerprint density at radius 1 is 1.42 bits per heavy atom.